The summed E-state index contributed by atoms with van der Waals surface area (Å²) in [6.07, 6.45) is 1.45. The van der Waals surface area contributed by atoms with Gasteiger partial charge in [-0.15, -0.1) is 5.10 Å². The van der Waals surface area contributed by atoms with E-state index in [1.807, 2.05) is 30.3 Å². The average molecular weight is 363 g/mol. The molecular formula is C15H9BrClN3O. The van der Waals surface area contributed by atoms with Crippen LogP contribution in [0.4, 0.5) is 0 Å². The first-order chi connectivity index (χ1) is 10.2. The zero-order chi connectivity index (χ0) is 14.8. The van der Waals surface area contributed by atoms with E-state index in [0.29, 0.717) is 16.3 Å². The van der Waals surface area contributed by atoms with Crippen molar-refractivity contribution in [2.75, 3.05) is 0 Å². The summed E-state index contributed by atoms with van der Waals surface area (Å²) >= 11 is 9.34. The molecule has 0 aliphatic heterocycles. The molecule has 1 aromatic heterocycles. The lowest BCUT2D eigenvalue weighted by atomic mass is 10.1. The second-order valence-electron chi connectivity index (χ2n) is 4.32. The fraction of sp³-hybridized carbons (Fsp3) is 0. The van der Waals surface area contributed by atoms with Gasteiger partial charge in [0.15, 0.2) is 0 Å². The Bertz CT molecular complexity index is 802. The number of carbonyl (C=O) groups is 1. The van der Waals surface area contributed by atoms with E-state index in [-0.39, 0.29) is 5.78 Å². The molecule has 2 aromatic carbocycles. The van der Waals surface area contributed by atoms with Crippen molar-refractivity contribution in [3.05, 3.63) is 75.5 Å². The van der Waals surface area contributed by atoms with E-state index in [4.69, 9.17) is 11.6 Å². The van der Waals surface area contributed by atoms with Gasteiger partial charge in [-0.1, -0.05) is 35.0 Å². The van der Waals surface area contributed by atoms with Crippen LogP contribution in [-0.2, 0) is 0 Å². The lowest BCUT2D eigenvalue weighted by molar-refractivity contribution is 0.103. The number of hydrogen-bond donors (Lipinski definition) is 0. The van der Waals surface area contributed by atoms with Crippen LogP contribution < -0.4 is 0 Å². The van der Waals surface area contributed by atoms with Gasteiger partial charge in [-0.25, -0.2) is 4.68 Å². The third kappa shape index (κ3) is 2.75. The highest BCUT2D eigenvalue weighted by Crippen LogP contribution is 2.24. The Morgan fingerprint density at radius 2 is 1.90 bits per heavy atom. The minimum Gasteiger partial charge on any atom is -0.287 e. The van der Waals surface area contributed by atoms with Gasteiger partial charge in [-0.2, -0.15) is 0 Å². The molecule has 4 nitrogen and oxygen atoms in total. The molecule has 0 aliphatic rings. The first-order valence-electron chi connectivity index (χ1n) is 6.12. The summed E-state index contributed by atoms with van der Waals surface area (Å²) in [7, 11) is 0. The van der Waals surface area contributed by atoms with Crippen molar-refractivity contribution < 1.29 is 4.79 Å². The third-order valence-electron chi connectivity index (χ3n) is 2.96. The number of halogens is 2. The smallest absolute Gasteiger partial charge is 0.213 e. The maximum atomic E-state index is 12.6. The van der Waals surface area contributed by atoms with Crippen molar-refractivity contribution in [2.24, 2.45) is 0 Å². The zero-order valence-electron chi connectivity index (χ0n) is 10.7. The number of para-hydroxylation sites is 1. The number of ketones is 1. The molecule has 0 saturated heterocycles. The van der Waals surface area contributed by atoms with Crippen molar-refractivity contribution in [3.63, 3.8) is 0 Å². The SMILES string of the molecule is O=C(c1ccc(Br)c(Cl)c1)c1cnnn1-c1ccccc1. The molecule has 0 atom stereocenters. The number of carbonyl (C=O) groups excluding carboxylic acids is 1. The van der Waals surface area contributed by atoms with Crippen LogP contribution in [0.25, 0.3) is 5.69 Å². The van der Waals surface area contributed by atoms with Gasteiger partial charge in [0.2, 0.25) is 5.78 Å². The largest absolute Gasteiger partial charge is 0.287 e. The molecule has 0 aliphatic carbocycles. The van der Waals surface area contributed by atoms with Crippen LogP contribution in [0.3, 0.4) is 0 Å². The van der Waals surface area contributed by atoms with Gasteiger partial charge in [-0.3, -0.25) is 4.79 Å². The Kier molecular flexibility index (Phi) is 3.86. The van der Waals surface area contributed by atoms with Gasteiger partial charge < -0.3 is 0 Å². The first kappa shape index (κ1) is 14.0. The highest BCUT2D eigenvalue weighted by Gasteiger charge is 2.17. The summed E-state index contributed by atoms with van der Waals surface area (Å²) in [6.45, 7) is 0. The number of hydrogen-bond acceptors (Lipinski definition) is 3. The van der Waals surface area contributed by atoms with Crippen molar-refractivity contribution >= 4 is 33.3 Å². The molecule has 21 heavy (non-hydrogen) atoms. The van der Waals surface area contributed by atoms with Crippen LogP contribution in [0.1, 0.15) is 16.1 Å². The molecule has 104 valence electrons. The molecule has 6 heteroatoms. The molecule has 0 amide bonds. The van der Waals surface area contributed by atoms with E-state index in [1.54, 1.807) is 18.2 Å². The normalized spacial score (nSPS) is 10.6. The van der Waals surface area contributed by atoms with E-state index in [1.165, 1.54) is 10.9 Å². The van der Waals surface area contributed by atoms with Crippen molar-refractivity contribution in [2.45, 2.75) is 0 Å². The van der Waals surface area contributed by atoms with E-state index in [0.717, 1.165) is 10.2 Å². The van der Waals surface area contributed by atoms with Crippen molar-refractivity contribution in [3.8, 4) is 5.69 Å². The molecule has 0 N–H and O–H groups in total. The summed E-state index contributed by atoms with van der Waals surface area (Å²) in [5.74, 6) is -0.182. The molecule has 1 heterocycles. The Hall–Kier alpha value is -1.98. The second-order valence-corrected chi connectivity index (χ2v) is 5.59. The number of rotatable bonds is 3. The fourth-order valence-corrected chi connectivity index (χ4v) is 2.36. The summed E-state index contributed by atoms with van der Waals surface area (Å²) in [4.78, 5) is 12.6. The molecule has 0 bridgehead atoms. The Morgan fingerprint density at radius 3 is 2.62 bits per heavy atom. The van der Waals surface area contributed by atoms with E-state index < -0.39 is 0 Å². The molecule has 0 fully saturated rings. The minimum absolute atomic E-state index is 0.182. The Labute approximate surface area is 134 Å². The molecule has 3 aromatic rings. The topological polar surface area (TPSA) is 47.8 Å². The van der Waals surface area contributed by atoms with Crippen LogP contribution in [0, 0.1) is 0 Å². The summed E-state index contributed by atoms with van der Waals surface area (Å²) in [5.41, 5.74) is 1.66. The number of aromatic nitrogens is 3. The van der Waals surface area contributed by atoms with Gasteiger partial charge in [0.1, 0.15) is 5.69 Å². The van der Waals surface area contributed by atoms with Crippen molar-refractivity contribution in [1.82, 2.24) is 15.0 Å². The summed E-state index contributed by atoms with van der Waals surface area (Å²) in [5, 5.41) is 8.30. The van der Waals surface area contributed by atoms with E-state index in [2.05, 4.69) is 26.2 Å². The minimum atomic E-state index is -0.182. The number of benzene rings is 2. The van der Waals surface area contributed by atoms with Crippen LogP contribution in [0.5, 0.6) is 0 Å². The van der Waals surface area contributed by atoms with E-state index >= 15 is 0 Å². The van der Waals surface area contributed by atoms with Crippen LogP contribution in [-0.4, -0.2) is 20.8 Å². The van der Waals surface area contributed by atoms with Crippen molar-refractivity contribution in [1.29, 1.82) is 0 Å². The van der Waals surface area contributed by atoms with Gasteiger partial charge >= 0.3 is 0 Å². The van der Waals surface area contributed by atoms with E-state index in [9.17, 15) is 4.79 Å². The van der Waals surface area contributed by atoms with Gasteiger partial charge in [0, 0.05) is 10.0 Å². The highest BCUT2D eigenvalue weighted by atomic mass is 79.9. The predicted octanol–water partition coefficient (Wildman–Crippen LogP) is 3.91. The Balaban J connectivity index is 2.03. The quantitative estimate of drug-likeness (QED) is 0.664. The van der Waals surface area contributed by atoms with Crippen LogP contribution in [0.2, 0.25) is 5.02 Å². The predicted molar refractivity (Wildman–Crippen MR) is 83.9 cm³/mol. The highest BCUT2D eigenvalue weighted by molar-refractivity contribution is 9.10. The maximum absolute atomic E-state index is 12.6. The lowest BCUT2D eigenvalue weighted by Gasteiger charge is -2.06. The van der Waals surface area contributed by atoms with Crippen LogP contribution in [0.15, 0.2) is 59.2 Å². The van der Waals surface area contributed by atoms with Crippen LogP contribution >= 0.6 is 27.5 Å². The molecule has 3 rings (SSSR count). The second kappa shape index (κ2) is 5.79. The average Bonchev–Trinajstić information content (AvgIpc) is 2.99. The lowest BCUT2D eigenvalue weighted by Crippen LogP contribution is -2.10. The van der Waals surface area contributed by atoms with Gasteiger partial charge in [0.25, 0.3) is 0 Å². The standard InChI is InChI=1S/C15H9BrClN3O/c16-12-7-6-10(8-13(12)17)15(21)14-9-18-19-20(14)11-4-2-1-3-5-11/h1-9H. The molecular weight excluding hydrogens is 354 g/mol. The van der Waals surface area contributed by atoms with Gasteiger partial charge in [-0.05, 0) is 46.3 Å². The Morgan fingerprint density at radius 1 is 1.14 bits per heavy atom. The fourth-order valence-electron chi connectivity index (χ4n) is 1.94. The summed E-state index contributed by atoms with van der Waals surface area (Å²) in [6, 6.07) is 14.4. The number of nitrogens with zero attached hydrogens (tertiary/aromatic N) is 3. The zero-order valence-corrected chi connectivity index (χ0v) is 13.0. The monoisotopic (exact) mass is 361 g/mol. The maximum Gasteiger partial charge on any atom is 0.213 e. The summed E-state index contributed by atoms with van der Waals surface area (Å²) < 4.78 is 2.26. The molecule has 0 saturated carbocycles. The van der Waals surface area contributed by atoms with Gasteiger partial charge in [0.05, 0.1) is 16.9 Å². The molecule has 0 unspecified atom stereocenters. The first-order valence-corrected chi connectivity index (χ1v) is 7.30. The molecule has 0 radical (unpaired) electrons. The molecule has 0 spiro atoms. The third-order valence-corrected chi connectivity index (χ3v) is 4.20.